The number of carbonyl (C=O) groups is 1. The van der Waals surface area contributed by atoms with Gasteiger partial charge in [-0.1, -0.05) is 48.4 Å². The van der Waals surface area contributed by atoms with Crippen molar-refractivity contribution in [3.63, 3.8) is 0 Å². The van der Waals surface area contributed by atoms with Gasteiger partial charge in [-0.05, 0) is 46.1 Å². The third-order valence-corrected chi connectivity index (χ3v) is 6.01. The average Bonchev–Trinajstić information content (AvgIpc) is 3.14. The maximum absolute atomic E-state index is 12.6. The molecule has 0 unspecified atom stereocenters. The van der Waals surface area contributed by atoms with Crippen LogP contribution in [0.25, 0.3) is 0 Å². The second-order valence-electron chi connectivity index (χ2n) is 6.90. The molecule has 1 aromatic heterocycles. The molecule has 0 radical (unpaired) electrons. The van der Waals surface area contributed by atoms with Gasteiger partial charge < -0.3 is 4.57 Å². The SMILES string of the molecule is Cc1ccc(C(=O)CSc2nc(C)c(C)n2C2CCCC2)c(C)c1. The van der Waals surface area contributed by atoms with Gasteiger partial charge in [-0.25, -0.2) is 4.98 Å². The largest absolute Gasteiger partial charge is 0.320 e. The molecule has 0 bridgehead atoms. The van der Waals surface area contributed by atoms with Crippen LogP contribution in [-0.4, -0.2) is 21.1 Å². The highest BCUT2D eigenvalue weighted by Crippen LogP contribution is 2.35. The number of thioether (sulfide) groups is 1. The lowest BCUT2D eigenvalue weighted by Crippen LogP contribution is -2.10. The molecule has 1 fully saturated rings. The van der Waals surface area contributed by atoms with Gasteiger partial charge in [0.2, 0.25) is 0 Å². The van der Waals surface area contributed by atoms with Crippen molar-refractivity contribution in [3.8, 4) is 0 Å². The van der Waals surface area contributed by atoms with E-state index >= 15 is 0 Å². The summed E-state index contributed by atoms with van der Waals surface area (Å²) >= 11 is 1.59. The Morgan fingerprint density at radius 3 is 2.58 bits per heavy atom. The molecule has 0 saturated heterocycles. The van der Waals surface area contributed by atoms with E-state index in [-0.39, 0.29) is 5.78 Å². The summed E-state index contributed by atoms with van der Waals surface area (Å²) < 4.78 is 2.38. The molecule has 0 amide bonds. The zero-order valence-corrected chi connectivity index (χ0v) is 15.9. The van der Waals surface area contributed by atoms with Gasteiger partial charge in [0.15, 0.2) is 10.9 Å². The van der Waals surface area contributed by atoms with Gasteiger partial charge in [0, 0.05) is 17.3 Å². The molecule has 1 aliphatic carbocycles. The summed E-state index contributed by atoms with van der Waals surface area (Å²) in [5.41, 5.74) is 5.43. The van der Waals surface area contributed by atoms with E-state index in [1.807, 2.05) is 19.1 Å². The highest BCUT2D eigenvalue weighted by molar-refractivity contribution is 7.99. The number of imidazole rings is 1. The monoisotopic (exact) mass is 342 g/mol. The van der Waals surface area contributed by atoms with Crippen LogP contribution >= 0.6 is 11.8 Å². The van der Waals surface area contributed by atoms with Gasteiger partial charge in [-0.15, -0.1) is 0 Å². The van der Waals surface area contributed by atoms with Gasteiger partial charge >= 0.3 is 0 Å². The lowest BCUT2D eigenvalue weighted by atomic mass is 10.0. The van der Waals surface area contributed by atoms with Crippen LogP contribution in [0.1, 0.15) is 64.6 Å². The Labute approximate surface area is 148 Å². The smallest absolute Gasteiger partial charge is 0.173 e. The average molecular weight is 343 g/mol. The predicted molar refractivity (Wildman–Crippen MR) is 100 cm³/mol. The zero-order chi connectivity index (χ0) is 17.3. The van der Waals surface area contributed by atoms with Gasteiger partial charge in [0.25, 0.3) is 0 Å². The summed E-state index contributed by atoms with van der Waals surface area (Å²) in [6, 6.07) is 6.60. The highest BCUT2D eigenvalue weighted by Gasteiger charge is 2.23. The third-order valence-electron chi connectivity index (χ3n) is 5.06. The van der Waals surface area contributed by atoms with Crippen molar-refractivity contribution < 1.29 is 4.79 Å². The van der Waals surface area contributed by atoms with Crippen LogP contribution in [0.3, 0.4) is 0 Å². The number of carbonyl (C=O) groups excluding carboxylic acids is 1. The molecule has 2 aromatic rings. The Balaban J connectivity index is 1.77. The number of hydrogen-bond donors (Lipinski definition) is 0. The van der Waals surface area contributed by atoms with Gasteiger partial charge in [-0.3, -0.25) is 4.79 Å². The lowest BCUT2D eigenvalue weighted by molar-refractivity contribution is 0.102. The molecule has 3 nitrogen and oxygen atoms in total. The number of aromatic nitrogens is 2. The van der Waals surface area contributed by atoms with E-state index in [1.165, 1.54) is 36.9 Å². The Morgan fingerprint density at radius 1 is 1.21 bits per heavy atom. The van der Waals surface area contributed by atoms with Crippen LogP contribution in [0.2, 0.25) is 0 Å². The minimum Gasteiger partial charge on any atom is -0.320 e. The van der Waals surface area contributed by atoms with Crippen molar-refractivity contribution in [1.29, 1.82) is 0 Å². The first-order valence-corrected chi connectivity index (χ1v) is 9.74. The van der Waals surface area contributed by atoms with E-state index in [0.717, 1.165) is 22.0 Å². The maximum atomic E-state index is 12.6. The molecule has 24 heavy (non-hydrogen) atoms. The van der Waals surface area contributed by atoms with E-state index in [0.29, 0.717) is 11.8 Å². The molecule has 1 heterocycles. The van der Waals surface area contributed by atoms with Crippen molar-refractivity contribution >= 4 is 17.5 Å². The molecule has 0 N–H and O–H groups in total. The topological polar surface area (TPSA) is 34.9 Å². The maximum Gasteiger partial charge on any atom is 0.173 e. The molecule has 4 heteroatoms. The quantitative estimate of drug-likeness (QED) is 0.553. The second kappa shape index (κ2) is 7.14. The molecule has 1 aromatic carbocycles. The number of rotatable bonds is 5. The summed E-state index contributed by atoms with van der Waals surface area (Å²) in [6.45, 7) is 8.28. The van der Waals surface area contributed by atoms with Crippen LogP contribution in [0, 0.1) is 27.7 Å². The fourth-order valence-electron chi connectivity index (χ4n) is 3.62. The number of ketones is 1. The Morgan fingerprint density at radius 2 is 1.92 bits per heavy atom. The van der Waals surface area contributed by atoms with E-state index < -0.39 is 0 Å². The summed E-state index contributed by atoms with van der Waals surface area (Å²) in [4.78, 5) is 17.3. The molecular formula is C20H26N2OS. The minimum absolute atomic E-state index is 0.189. The number of nitrogens with zero attached hydrogens (tertiary/aromatic N) is 2. The summed E-state index contributed by atoms with van der Waals surface area (Å²) in [5, 5.41) is 1.01. The highest BCUT2D eigenvalue weighted by atomic mass is 32.2. The first-order chi connectivity index (χ1) is 11.5. The molecule has 0 atom stereocenters. The third kappa shape index (κ3) is 3.44. The number of Topliss-reactive ketones (excluding diaryl/α,β-unsaturated/α-hetero) is 1. The van der Waals surface area contributed by atoms with Crippen molar-refractivity contribution in [2.75, 3.05) is 5.75 Å². The Kier molecular flexibility index (Phi) is 5.14. The number of benzene rings is 1. The van der Waals surface area contributed by atoms with Crippen molar-refractivity contribution in [3.05, 3.63) is 46.3 Å². The van der Waals surface area contributed by atoms with E-state index in [9.17, 15) is 4.79 Å². The fourth-order valence-corrected chi connectivity index (χ4v) is 4.67. The van der Waals surface area contributed by atoms with E-state index in [1.54, 1.807) is 11.8 Å². The summed E-state index contributed by atoms with van der Waals surface area (Å²) in [6.07, 6.45) is 5.06. The minimum atomic E-state index is 0.189. The van der Waals surface area contributed by atoms with E-state index in [4.69, 9.17) is 4.98 Å². The summed E-state index contributed by atoms with van der Waals surface area (Å²) in [5.74, 6) is 0.640. The molecule has 1 aliphatic rings. The van der Waals surface area contributed by atoms with Crippen LogP contribution in [-0.2, 0) is 0 Å². The fraction of sp³-hybridized carbons (Fsp3) is 0.500. The summed E-state index contributed by atoms with van der Waals surface area (Å²) in [7, 11) is 0. The Hall–Kier alpha value is -1.55. The first kappa shape index (κ1) is 17.3. The number of hydrogen-bond acceptors (Lipinski definition) is 3. The molecule has 3 rings (SSSR count). The van der Waals surface area contributed by atoms with Crippen molar-refractivity contribution in [2.45, 2.75) is 64.6 Å². The van der Waals surface area contributed by atoms with Crippen LogP contribution in [0.5, 0.6) is 0 Å². The van der Waals surface area contributed by atoms with Crippen LogP contribution in [0.15, 0.2) is 23.4 Å². The Bertz CT molecular complexity index is 757. The zero-order valence-electron chi connectivity index (χ0n) is 15.1. The van der Waals surface area contributed by atoms with Crippen LogP contribution in [0.4, 0.5) is 0 Å². The standard InChI is InChI=1S/C20H26N2OS/c1-13-9-10-18(14(2)11-13)19(23)12-24-20-21-15(3)16(4)22(20)17-7-5-6-8-17/h9-11,17H,5-8,12H2,1-4H3. The molecule has 1 saturated carbocycles. The van der Waals surface area contributed by atoms with E-state index in [2.05, 4.69) is 31.4 Å². The molecular weight excluding hydrogens is 316 g/mol. The normalized spacial score (nSPS) is 15.2. The van der Waals surface area contributed by atoms with Crippen LogP contribution < -0.4 is 0 Å². The number of aryl methyl sites for hydroxylation is 3. The lowest BCUT2D eigenvalue weighted by Gasteiger charge is -2.17. The molecule has 0 aliphatic heterocycles. The first-order valence-electron chi connectivity index (χ1n) is 8.76. The van der Waals surface area contributed by atoms with Crippen molar-refractivity contribution in [1.82, 2.24) is 9.55 Å². The molecule has 0 spiro atoms. The van der Waals surface area contributed by atoms with Gasteiger partial charge in [0.05, 0.1) is 11.4 Å². The predicted octanol–water partition coefficient (Wildman–Crippen LogP) is 5.21. The molecule has 128 valence electrons. The van der Waals surface area contributed by atoms with Crippen molar-refractivity contribution in [2.24, 2.45) is 0 Å². The van der Waals surface area contributed by atoms with Gasteiger partial charge in [0.1, 0.15) is 0 Å². The second-order valence-corrected chi connectivity index (χ2v) is 7.85. The van der Waals surface area contributed by atoms with Gasteiger partial charge in [-0.2, -0.15) is 0 Å².